The third kappa shape index (κ3) is 6.88. The molecule has 4 aliphatic rings. The average Bonchev–Trinajstić information content (AvgIpc) is 3.94. The van der Waals surface area contributed by atoms with Gasteiger partial charge in [0.05, 0.1) is 17.4 Å². The molecule has 1 saturated heterocycles. The fourth-order valence-corrected chi connectivity index (χ4v) is 9.34. The number of carbonyl (C=O) groups excluding carboxylic acids is 3. The van der Waals surface area contributed by atoms with Crippen LogP contribution < -0.4 is 20.1 Å². The second-order valence-corrected chi connectivity index (χ2v) is 17.4. The highest BCUT2D eigenvalue weighted by molar-refractivity contribution is 7.91. The van der Waals surface area contributed by atoms with Crippen molar-refractivity contribution in [3.8, 4) is 5.88 Å². The van der Waals surface area contributed by atoms with Crippen molar-refractivity contribution in [3.05, 3.63) is 47.8 Å². The maximum Gasteiger partial charge on any atom is 0.405 e. The number of carbonyl (C=O) groups is 4. The van der Waals surface area contributed by atoms with Gasteiger partial charge in [-0.15, -0.1) is 0 Å². The monoisotopic (exact) mass is 773 g/mol. The molecule has 4 N–H and O–H groups in total. The lowest BCUT2D eigenvalue weighted by Gasteiger charge is -2.32. The van der Waals surface area contributed by atoms with Crippen molar-refractivity contribution in [3.63, 3.8) is 0 Å². The summed E-state index contributed by atoms with van der Waals surface area (Å²) < 4.78 is 48.5. The number of aromatic nitrogens is 3. The van der Waals surface area contributed by atoms with Gasteiger partial charge in [0.1, 0.15) is 35.1 Å². The molecule has 2 aliphatic carbocycles. The molecule has 7 rings (SSSR count). The number of halogens is 2. The molecule has 15 nitrogen and oxygen atoms in total. The third-order valence-corrected chi connectivity index (χ3v) is 13.4. The van der Waals surface area contributed by atoms with Gasteiger partial charge in [-0.1, -0.05) is 37.6 Å². The third-order valence-electron chi connectivity index (χ3n) is 11.1. The summed E-state index contributed by atoms with van der Waals surface area (Å²) in [5.41, 5.74) is -0.989. The Kier molecular flexibility index (Phi) is 9.54. The highest BCUT2D eigenvalue weighted by atomic mass is 35.5. The van der Waals surface area contributed by atoms with E-state index >= 15 is 0 Å². The summed E-state index contributed by atoms with van der Waals surface area (Å²) >= 11 is 6.35. The molecule has 4 heterocycles. The second-order valence-electron chi connectivity index (χ2n) is 14.9. The molecule has 7 atom stereocenters. The summed E-state index contributed by atoms with van der Waals surface area (Å²) in [6.45, 7) is 2.48. The summed E-state index contributed by atoms with van der Waals surface area (Å²) in [5.74, 6) is -2.85. The second kappa shape index (κ2) is 13.7. The minimum atomic E-state index is -4.40. The van der Waals surface area contributed by atoms with Crippen LogP contribution in [0.5, 0.6) is 5.88 Å². The first-order valence-electron chi connectivity index (χ1n) is 17.7. The Bertz CT molecular complexity index is 2130. The van der Waals surface area contributed by atoms with Gasteiger partial charge in [0.2, 0.25) is 33.5 Å². The first-order valence-corrected chi connectivity index (χ1v) is 19.5. The van der Waals surface area contributed by atoms with Gasteiger partial charge in [-0.05, 0) is 68.6 Å². The number of imidazole rings is 1. The predicted octanol–water partition coefficient (Wildman–Crippen LogP) is 3.36. The topological polar surface area (TPSA) is 201 Å². The number of fused-ring (bicyclic) bond motifs is 5. The molecular formula is C35H41ClFN7O8S. The van der Waals surface area contributed by atoms with E-state index in [1.807, 2.05) is 17.7 Å². The molecule has 0 unspecified atom stereocenters. The predicted molar refractivity (Wildman–Crippen MR) is 190 cm³/mol. The fraction of sp³-hybridized carbons (Fsp3) is 0.543. The maximum absolute atomic E-state index is 14.4. The summed E-state index contributed by atoms with van der Waals surface area (Å²) in [6, 6.07) is 2.70. The first-order chi connectivity index (χ1) is 25.2. The molecule has 18 heteroatoms. The molecule has 284 valence electrons. The highest BCUT2D eigenvalue weighted by Gasteiger charge is 2.64. The van der Waals surface area contributed by atoms with Gasteiger partial charge in [-0.2, -0.15) is 4.98 Å². The molecule has 2 aliphatic heterocycles. The minimum absolute atomic E-state index is 0.0708. The van der Waals surface area contributed by atoms with Crippen LogP contribution in [-0.4, -0.2) is 98.3 Å². The molecule has 2 saturated carbocycles. The fourth-order valence-electron chi connectivity index (χ4n) is 7.74. The number of hydrogen-bond donors (Lipinski definition) is 4. The van der Waals surface area contributed by atoms with Crippen molar-refractivity contribution in [1.29, 1.82) is 0 Å². The van der Waals surface area contributed by atoms with E-state index in [-0.39, 0.29) is 44.0 Å². The van der Waals surface area contributed by atoms with Crippen LogP contribution in [0.3, 0.4) is 0 Å². The van der Waals surface area contributed by atoms with Crippen molar-refractivity contribution >= 4 is 62.1 Å². The Morgan fingerprint density at radius 2 is 1.98 bits per heavy atom. The Balaban J connectivity index is 1.24. The normalized spacial score (nSPS) is 30.1. The number of allylic oxidation sites excluding steroid dienone is 1. The van der Waals surface area contributed by atoms with Gasteiger partial charge in [0, 0.05) is 29.8 Å². The van der Waals surface area contributed by atoms with E-state index in [1.165, 1.54) is 4.90 Å². The van der Waals surface area contributed by atoms with Crippen LogP contribution in [0.2, 0.25) is 5.02 Å². The number of nitrogens with zero attached hydrogens (tertiary/aromatic N) is 4. The van der Waals surface area contributed by atoms with Gasteiger partial charge in [0.25, 0.3) is 5.91 Å². The minimum Gasteiger partial charge on any atom is -0.472 e. The molecule has 53 heavy (non-hydrogen) atoms. The van der Waals surface area contributed by atoms with Crippen LogP contribution in [0.25, 0.3) is 16.7 Å². The molecule has 4 amide bonds. The Labute approximate surface area is 309 Å². The number of rotatable bonds is 7. The van der Waals surface area contributed by atoms with E-state index < -0.39 is 80.8 Å². The van der Waals surface area contributed by atoms with Gasteiger partial charge < -0.3 is 25.4 Å². The summed E-state index contributed by atoms with van der Waals surface area (Å²) in [4.78, 5) is 64.7. The van der Waals surface area contributed by atoms with Crippen molar-refractivity contribution < 1.29 is 41.8 Å². The summed E-state index contributed by atoms with van der Waals surface area (Å²) in [5, 5.41) is 15.9. The van der Waals surface area contributed by atoms with Crippen LogP contribution in [0.15, 0.2) is 42.7 Å². The largest absolute Gasteiger partial charge is 0.472 e. The molecule has 0 spiro atoms. The quantitative estimate of drug-likeness (QED) is 0.258. The Morgan fingerprint density at radius 3 is 2.70 bits per heavy atom. The zero-order valence-corrected chi connectivity index (χ0v) is 30.7. The van der Waals surface area contributed by atoms with Gasteiger partial charge in [-0.25, -0.2) is 22.6 Å². The SMILES string of the molecule is C[C@H]1CCC=C[C@@H]2C[C@@]2(C(=O)NS(=O)(=O)C2(CF)CC2)NC(=O)[C@@H]2C[C@@H](Oc3nc4nccn4c4ccc(Cl)cc34)CN2C(=O)[C@@H](NC(=O)O)[C@H](C)C1. The van der Waals surface area contributed by atoms with Crippen LogP contribution in [-0.2, 0) is 24.4 Å². The van der Waals surface area contributed by atoms with Crippen LogP contribution >= 0.6 is 11.6 Å². The van der Waals surface area contributed by atoms with Crippen molar-refractivity contribution in [2.45, 2.75) is 87.3 Å². The zero-order valence-electron chi connectivity index (χ0n) is 29.1. The smallest absolute Gasteiger partial charge is 0.405 e. The maximum atomic E-state index is 14.4. The highest BCUT2D eigenvalue weighted by Crippen LogP contribution is 2.48. The van der Waals surface area contributed by atoms with E-state index in [0.29, 0.717) is 41.0 Å². The van der Waals surface area contributed by atoms with Gasteiger partial charge >= 0.3 is 6.09 Å². The lowest BCUT2D eigenvalue weighted by molar-refractivity contribution is -0.142. The average molecular weight is 774 g/mol. The molecule has 2 aromatic heterocycles. The number of benzene rings is 1. The molecule has 3 aromatic rings. The Hall–Kier alpha value is -4.51. The number of ether oxygens (including phenoxy) is 1. The number of alkyl halides is 1. The molecular weight excluding hydrogens is 733 g/mol. The molecule has 0 bridgehead atoms. The number of carboxylic acid groups (broad SMARTS) is 1. The molecule has 0 radical (unpaired) electrons. The Morgan fingerprint density at radius 1 is 1.21 bits per heavy atom. The van der Waals surface area contributed by atoms with E-state index in [2.05, 4.69) is 20.6 Å². The zero-order chi connectivity index (χ0) is 37.9. The lowest BCUT2D eigenvalue weighted by Crippen LogP contribution is -2.59. The number of amides is 4. The van der Waals surface area contributed by atoms with E-state index in [1.54, 1.807) is 48.0 Å². The van der Waals surface area contributed by atoms with Crippen LogP contribution in [0, 0.1) is 17.8 Å². The van der Waals surface area contributed by atoms with Crippen molar-refractivity contribution in [1.82, 2.24) is 34.6 Å². The van der Waals surface area contributed by atoms with E-state index in [0.717, 1.165) is 0 Å². The van der Waals surface area contributed by atoms with Gasteiger partial charge in [-0.3, -0.25) is 23.5 Å². The number of sulfonamides is 1. The van der Waals surface area contributed by atoms with Gasteiger partial charge in [0.15, 0.2) is 0 Å². The van der Waals surface area contributed by atoms with Crippen LogP contribution in [0.1, 0.15) is 58.8 Å². The summed E-state index contributed by atoms with van der Waals surface area (Å²) in [7, 11) is -4.40. The van der Waals surface area contributed by atoms with Crippen molar-refractivity contribution in [2.24, 2.45) is 17.8 Å². The van der Waals surface area contributed by atoms with E-state index in [9.17, 15) is 37.1 Å². The van der Waals surface area contributed by atoms with Crippen molar-refractivity contribution in [2.75, 3.05) is 13.2 Å². The standard InChI is InChI=1S/C35H41ClFN7O8S/c1-19-5-3-4-6-21-16-35(21,31(47)42-53(50,51)34(18-37)9-10-34)41-28(45)26-15-23(17-44(26)30(46)27(20(2)13-19)39-33(48)49)52-29-24-14-22(36)7-8-25(24)43-12-11-38-32(43)40-29/h4,6-8,11-12,14,19-21,23,26-27,39H,3,5,9-10,13,15-18H2,1-2H3,(H,41,45)(H,42,47)(H,48,49)/t19-,20+,21+,23+,26-,27-,35+/m0/s1. The first kappa shape index (κ1) is 36.8. The molecule has 3 fully saturated rings. The summed E-state index contributed by atoms with van der Waals surface area (Å²) in [6.07, 6.45) is 6.64. The van der Waals surface area contributed by atoms with E-state index in [4.69, 9.17) is 16.3 Å². The molecule has 1 aromatic carbocycles. The number of hydrogen-bond acceptors (Lipinski definition) is 9. The van der Waals surface area contributed by atoms with Crippen LogP contribution in [0.4, 0.5) is 9.18 Å². The number of nitrogens with one attached hydrogen (secondary N) is 3. The lowest BCUT2D eigenvalue weighted by atomic mass is 9.88.